The fraction of sp³-hybridized carbons (Fsp3) is 0.950. The highest BCUT2D eigenvalue weighted by Gasteiger charge is 2.58. The summed E-state index contributed by atoms with van der Waals surface area (Å²) in [5.74, 6) is 1.23. The van der Waals surface area contributed by atoms with Crippen molar-refractivity contribution >= 4 is 5.91 Å². The van der Waals surface area contributed by atoms with Gasteiger partial charge in [-0.25, -0.2) is 4.90 Å². The second-order valence-corrected chi connectivity index (χ2v) is 8.78. The smallest absolute Gasteiger partial charge is 0.219 e. The van der Waals surface area contributed by atoms with E-state index in [0.717, 1.165) is 25.0 Å². The fourth-order valence-electron chi connectivity index (χ4n) is 5.98. The number of fused-ring (bicyclic) bond motifs is 1. The van der Waals surface area contributed by atoms with Crippen molar-refractivity contribution in [3.05, 3.63) is 0 Å². The third-order valence-corrected chi connectivity index (χ3v) is 7.06. The van der Waals surface area contributed by atoms with Gasteiger partial charge in [-0.05, 0) is 37.5 Å². The van der Waals surface area contributed by atoms with Crippen LogP contribution < -0.4 is 0 Å². The van der Waals surface area contributed by atoms with Gasteiger partial charge in [-0.3, -0.25) is 4.79 Å². The minimum atomic E-state index is 0.267. The average molecular weight is 337 g/mol. The van der Waals surface area contributed by atoms with Crippen molar-refractivity contribution < 1.29 is 9.28 Å². The van der Waals surface area contributed by atoms with Gasteiger partial charge < -0.3 is 9.38 Å². The molecule has 5 fully saturated rings. The number of likely N-dealkylation sites (tertiary alicyclic amines) is 1. The molecule has 24 heavy (non-hydrogen) atoms. The molecule has 0 aromatic heterocycles. The third kappa shape index (κ3) is 3.24. The molecule has 1 spiro atoms. The Hall–Kier alpha value is -0.610. The Morgan fingerprint density at radius 1 is 1.17 bits per heavy atom. The molecular formula is C20H38N3O+. The highest BCUT2D eigenvalue weighted by Crippen LogP contribution is 2.54. The lowest BCUT2D eigenvalue weighted by Crippen LogP contribution is -2.62. The van der Waals surface area contributed by atoms with Crippen molar-refractivity contribution in [1.29, 1.82) is 0 Å². The number of carbonyl (C=O) groups excluding carboxylic acids is 1. The maximum absolute atomic E-state index is 11.5. The lowest BCUT2D eigenvalue weighted by Gasteiger charge is -2.54. The summed E-state index contributed by atoms with van der Waals surface area (Å²) >= 11 is 0. The van der Waals surface area contributed by atoms with Crippen molar-refractivity contribution in [3.8, 4) is 0 Å². The first-order chi connectivity index (χ1) is 11.5. The van der Waals surface area contributed by atoms with Gasteiger partial charge in [0.25, 0.3) is 0 Å². The predicted molar refractivity (Wildman–Crippen MR) is 98.5 cm³/mol. The van der Waals surface area contributed by atoms with E-state index in [9.17, 15) is 4.79 Å². The molecule has 0 atom stereocenters. The van der Waals surface area contributed by atoms with E-state index in [1.165, 1.54) is 69.4 Å². The molecule has 1 aliphatic carbocycles. The van der Waals surface area contributed by atoms with Crippen LogP contribution in [-0.4, -0.2) is 72.2 Å². The van der Waals surface area contributed by atoms with E-state index in [-0.39, 0.29) is 5.91 Å². The minimum Gasteiger partial charge on any atom is -0.343 e. The Bertz CT molecular complexity index is 442. The number of amides is 1. The summed E-state index contributed by atoms with van der Waals surface area (Å²) in [4.78, 5) is 16.2. The quantitative estimate of drug-likeness (QED) is 0.737. The molecule has 1 saturated carbocycles. The summed E-state index contributed by atoms with van der Waals surface area (Å²) in [5, 5.41) is 0. The zero-order valence-corrected chi connectivity index (χ0v) is 16.4. The maximum atomic E-state index is 11.5. The minimum absolute atomic E-state index is 0.267. The highest BCUT2D eigenvalue weighted by molar-refractivity contribution is 5.73. The average Bonchev–Trinajstić information content (AvgIpc) is 3.02. The molecule has 0 N–H and O–H groups in total. The highest BCUT2D eigenvalue weighted by atomic mass is 16.2. The number of quaternary nitrogens is 1. The zero-order valence-electron chi connectivity index (χ0n) is 16.4. The van der Waals surface area contributed by atoms with Gasteiger partial charge in [0.05, 0.1) is 6.54 Å². The monoisotopic (exact) mass is 336 g/mol. The lowest BCUT2D eigenvalue weighted by atomic mass is 9.57. The Morgan fingerprint density at radius 2 is 1.79 bits per heavy atom. The van der Waals surface area contributed by atoms with Gasteiger partial charge in [-0.1, -0.05) is 20.8 Å². The largest absolute Gasteiger partial charge is 0.343 e. The van der Waals surface area contributed by atoms with Gasteiger partial charge in [0.1, 0.15) is 25.8 Å². The van der Waals surface area contributed by atoms with Gasteiger partial charge >= 0.3 is 0 Å². The Labute approximate surface area is 148 Å². The first kappa shape index (κ1) is 18.2. The molecule has 5 rings (SSSR count). The van der Waals surface area contributed by atoms with Crippen LogP contribution in [0.4, 0.5) is 0 Å². The van der Waals surface area contributed by atoms with Crippen molar-refractivity contribution in [2.45, 2.75) is 65.8 Å². The van der Waals surface area contributed by atoms with Crippen molar-refractivity contribution in [3.63, 3.8) is 0 Å². The molecule has 1 amide bonds. The van der Waals surface area contributed by atoms with Gasteiger partial charge in [0.2, 0.25) is 5.91 Å². The van der Waals surface area contributed by atoms with E-state index < -0.39 is 0 Å². The number of piperidine rings is 1. The molecule has 4 nitrogen and oxygen atoms in total. The van der Waals surface area contributed by atoms with E-state index in [2.05, 4.69) is 11.8 Å². The van der Waals surface area contributed by atoms with Gasteiger partial charge in [-0.2, -0.15) is 0 Å². The van der Waals surface area contributed by atoms with Gasteiger partial charge in [-0.15, -0.1) is 0 Å². The molecule has 4 saturated heterocycles. The van der Waals surface area contributed by atoms with Crippen molar-refractivity contribution in [2.24, 2.45) is 11.3 Å². The zero-order chi connectivity index (χ0) is 17.4. The van der Waals surface area contributed by atoms with Crippen LogP contribution in [0.25, 0.3) is 0 Å². The van der Waals surface area contributed by atoms with Crippen molar-refractivity contribution in [1.82, 2.24) is 9.80 Å². The summed E-state index contributed by atoms with van der Waals surface area (Å²) in [5.41, 5.74) is 0.613. The second-order valence-electron chi connectivity index (χ2n) is 8.78. The molecular weight excluding hydrogens is 298 g/mol. The number of hydrogen-bond donors (Lipinski definition) is 0. The SMILES string of the molecule is CC.CCCN1C[N+]2(CC3CC4(CCN(C(C)=O)CC4)C3)CC1C2. The van der Waals surface area contributed by atoms with Crippen LogP contribution in [-0.2, 0) is 4.79 Å². The van der Waals surface area contributed by atoms with E-state index >= 15 is 0 Å². The Morgan fingerprint density at radius 3 is 2.33 bits per heavy atom. The van der Waals surface area contributed by atoms with Crippen LogP contribution in [0.5, 0.6) is 0 Å². The molecule has 0 aromatic carbocycles. The number of rotatable bonds is 4. The van der Waals surface area contributed by atoms with E-state index in [1.54, 1.807) is 6.92 Å². The van der Waals surface area contributed by atoms with Crippen LogP contribution in [0.1, 0.15) is 59.8 Å². The molecule has 0 unspecified atom stereocenters. The fourth-order valence-corrected chi connectivity index (χ4v) is 5.98. The van der Waals surface area contributed by atoms with Crippen LogP contribution in [0.3, 0.4) is 0 Å². The summed E-state index contributed by atoms with van der Waals surface area (Å²) in [6.45, 7) is 17.0. The molecule has 4 aliphatic heterocycles. The molecule has 0 radical (unpaired) electrons. The molecule has 0 aromatic rings. The summed E-state index contributed by atoms with van der Waals surface area (Å²) < 4.78 is 1.41. The van der Waals surface area contributed by atoms with Gasteiger partial charge in [0, 0.05) is 32.5 Å². The summed E-state index contributed by atoms with van der Waals surface area (Å²) in [6, 6.07) is 0.910. The molecule has 4 heteroatoms. The molecule has 4 heterocycles. The number of carbonyl (C=O) groups is 1. The summed E-state index contributed by atoms with van der Waals surface area (Å²) in [7, 11) is 0. The van der Waals surface area contributed by atoms with Crippen LogP contribution in [0, 0.1) is 11.3 Å². The van der Waals surface area contributed by atoms with Gasteiger partial charge in [0.15, 0.2) is 0 Å². The van der Waals surface area contributed by atoms with Crippen molar-refractivity contribution in [2.75, 3.05) is 45.9 Å². The number of hydrogen-bond acceptors (Lipinski definition) is 2. The van der Waals surface area contributed by atoms with Crippen LogP contribution in [0.2, 0.25) is 0 Å². The van der Waals surface area contributed by atoms with Crippen LogP contribution in [0.15, 0.2) is 0 Å². The molecule has 5 aliphatic rings. The molecule has 2 bridgehead atoms. The van der Waals surface area contributed by atoms with Crippen LogP contribution >= 0.6 is 0 Å². The summed E-state index contributed by atoms with van der Waals surface area (Å²) in [6.07, 6.45) is 6.70. The standard InChI is InChI=1S/C18H32N3O.C2H6/c1-3-6-20-14-21(12-17(20)13-21)11-16-9-18(10-16)4-7-19(8-5-18)15(2)22;1-2/h16-17H,3-14H2,1-2H3;1-2H3/q+1;. The number of nitrogens with zero attached hydrogens (tertiary/aromatic N) is 3. The van der Waals surface area contributed by atoms with E-state index in [4.69, 9.17) is 0 Å². The Kier molecular flexibility index (Phi) is 5.27. The maximum Gasteiger partial charge on any atom is 0.219 e. The second kappa shape index (κ2) is 6.95. The van der Waals surface area contributed by atoms with E-state index in [1.807, 2.05) is 18.7 Å². The first-order valence-electron chi connectivity index (χ1n) is 10.4. The Balaban J connectivity index is 0.000000815. The first-order valence-corrected chi connectivity index (χ1v) is 10.4. The topological polar surface area (TPSA) is 23.6 Å². The molecule has 138 valence electrons. The normalized spacial score (nSPS) is 34.3. The predicted octanol–water partition coefficient (Wildman–Crippen LogP) is 2.93. The van der Waals surface area contributed by atoms with E-state index in [0.29, 0.717) is 5.41 Å². The lowest BCUT2D eigenvalue weighted by molar-refractivity contribution is -0.948. The third-order valence-electron chi connectivity index (χ3n) is 7.06.